The minimum atomic E-state index is -1.43. The van der Waals surface area contributed by atoms with Crippen LogP contribution >= 0.6 is 0 Å². The Morgan fingerprint density at radius 2 is 2.35 bits per heavy atom. The Hall–Kier alpha value is -2.60. The Labute approximate surface area is 113 Å². The molecule has 7 nitrogen and oxygen atoms in total. The Morgan fingerprint density at radius 1 is 1.60 bits per heavy atom. The van der Waals surface area contributed by atoms with Crippen molar-refractivity contribution in [2.75, 3.05) is 18.0 Å². The maximum atomic E-state index is 13.6. The number of aromatic carboxylic acids is 1. The van der Waals surface area contributed by atoms with Gasteiger partial charge in [-0.05, 0) is 23.6 Å². The Bertz CT molecular complexity index is 613. The Kier molecular flexibility index (Phi) is 3.86. The molecule has 1 heterocycles. The van der Waals surface area contributed by atoms with Crippen LogP contribution in [0.15, 0.2) is 23.3 Å². The zero-order valence-corrected chi connectivity index (χ0v) is 10.4. The minimum absolute atomic E-state index is 0.0333. The van der Waals surface area contributed by atoms with Crippen molar-refractivity contribution in [1.82, 2.24) is 0 Å². The fourth-order valence-electron chi connectivity index (χ4n) is 2.24. The van der Waals surface area contributed by atoms with Gasteiger partial charge in [-0.3, -0.25) is 4.79 Å². The maximum Gasteiger partial charge on any atom is 0.340 e. The van der Waals surface area contributed by atoms with Gasteiger partial charge in [0, 0.05) is 24.4 Å². The predicted molar refractivity (Wildman–Crippen MR) is 67.8 cm³/mol. The lowest BCUT2D eigenvalue weighted by Gasteiger charge is -2.19. The first kappa shape index (κ1) is 13.8. The number of hydrogen-bond acceptors (Lipinski definition) is 3. The lowest BCUT2D eigenvalue weighted by Crippen LogP contribution is -2.27. The van der Waals surface area contributed by atoms with Gasteiger partial charge in [0.15, 0.2) is 0 Å². The van der Waals surface area contributed by atoms with E-state index >= 15 is 0 Å². The second kappa shape index (κ2) is 5.58. The molecule has 0 saturated carbocycles. The number of rotatable bonds is 4. The summed E-state index contributed by atoms with van der Waals surface area (Å²) in [6, 6.07) is 3.77. The van der Waals surface area contributed by atoms with E-state index in [1.165, 1.54) is 17.0 Å². The first-order valence-corrected chi connectivity index (χ1v) is 5.87. The molecule has 1 saturated heterocycles. The average molecular weight is 278 g/mol. The minimum Gasteiger partial charge on any atom is -0.478 e. The van der Waals surface area contributed by atoms with Gasteiger partial charge >= 0.3 is 5.97 Å². The summed E-state index contributed by atoms with van der Waals surface area (Å²) >= 11 is 0. The van der Waals surface area contributed by atoms with E-state index < -0.39 is 17.3 Å². The van der Waals surface area contributed by atoms with Crippen LogP contribution in [0.5, 0.6) is 0 Å². The van der Waals surface area contributed by atoms with Crippen molar-refractivity contribution in [1.29, 1.82) is 0 Å². The van der Waals surface area contributed by atoms with E-state index in [4.69, 9.17) is 10.6 Å². The molecule has 2 rings (SSSR count). The fourth-order valence-corrected chi connectivity index (χ4v) is 2.24. The van der Waals surface area contributed by atoms with E-state index in [9.17, 15) is 14.0 Å². The molecule has 1 aromatic rings. The SMILES string of the molecule is [N-]=[N+]=NCC1CC(=O)N(c2cccc(F)c2C(=O)O)C1. The number of anilines is 1. The standard InChI is InChI=1S/C12H11FN4O3/c13-8-2-1-3-9(11(8)12(19)20)17-6-7(4-10(17)18)5-15-16-14/h1-3,7H,4-6H2,(H,19,20). The van der Waals surface area contributed by atoms with E-state index in [0.717, 1.165) is 6.07 Å². The molecule has 0 radical (unpaired) electrons. The molecule has 1 N–H and O–H groups in total. The summed E-state index contributed by atoms with van der Waals surface area (Å²) in [4.78, 5) is 26.9. The highest BCUT2D eigenvalue weighted by atomic mass is 19.1. The fraction of sp³-hybridized carbons (Fsp3) is 0.333. The normalized spacial score (nSPS) is 17.9. The van der Waals surface area contributed by atoms with Crippen molar-refractivity contribution in [3.8, 4) is 0 Å². The lowest BCUT2D eigenvalue weighted by molar-refractivity contribution is -0.117. The van der Waals surface area contributed by atoms with Gasteiger partial charge in [0.05, 0.1) is 5.69 Å². The summed E-state index contributed by atoms with van der Waals surface area (Å²) in [7, 11) is 0. The van der Waals surface area contributed by atoms with Gasteiger partial charge in [-0.2, -0.15) is 0 Å². The third-order valence-electron chi connectivity index (χ3n) is 3.10. The number of carboxylic acid groups (broad SMARTS) is 1. The smallest absolute Gasteiger partial charge is 0.340 e. The molecule has 8 heteroatoms. The van der Waals surface area contributed by atoms with Gasteiger partial charge in [0.2, 0.25) is 5.91 Å². The molecule has 0 spiro atoms. The lowest BCUT2D eigenvalue weighted by atomic mass is 10.1. The molecule has 1 fully saturated rings. The monoisotopic (exact) mass is 278 g/mol. The molecule has 1 aliphatic rings. The Morgan fingerprint density at radius 3 is 3.00 bits per heavy atom. The van der Waals surface area contributed by atoms with Crippen molar-refractivity contribution in [2.45, 2.75) is 6.42 Å². The molecule has 0 aliphatic carbocycles. The largest absolute Gasteiger partial charge is 0.478 e. The van der Waals surface area contributed by atoms with Gasteiger partial charge in [-0.25, -0.2) is 9.18 Å². The Balaban J connectivity index is 2.33. The van der Waals surface area contributed by atoms with Gasteiger partial charge in [-0.15, -0.1) is 0 Å². The van der Waals surface area contributed by atoms with Crippen molar-refractivity contribution < 1.29 is 19.1 Å². The third kappa shape index (κ3) is 2.55. The first-order chi connectivity index (χ1) is 9.54. The van der Waals surface area contributed by atoms with E-state index in [2.05, 4.69) is 10.0 Å². The molecule has 0 bridgehead atoms. The van der Waals surface area contributed by atoms with Crippen LogP contribution in [-0.4, -0.2) is 30.1 Å². The zero-order valence-electron chi connectivity index (χ0n) is 10.4. The number of carboxylic acids is 1. The van der Waals surface area contributed by atoms with E-state index in [1.54, 1.807) is 0 Å². The van der Waals surface area contributed by atoms with E-state index in [0.29, 0.717) is 0 Å². The zero-order chi connectivity index (χ0) is 14.7. The number of nitrogens with zero attached hydrogens (tertiary/aromatic N) is 4. The summed E-state index contributed by atoms with van der Waals surface area (Å²) in [5, 5.41) is 12.5. The number of benzene rings is 1. The van der Waals surface area contributed by atoms with Crippen LogP contribution in [0.2, 0.25) is 0 Å². The van der Waals surface area contributed by atoms with Gasteiger partial charge < -0.3 is 10.0 Å². The van der Waals surface area contributed by atoms with Crippen molar-refractivity contribution >= 4 is 17.6 Å². The first-order valence-electron chi connectivity index (χ1n) is 5.87. The predicted octanol–water partition coefficient (Wildman–Crippen LogP) is 2.19. The van der Waals surface area contributed by atoms with E-state index in [1.807, 2.05) is 0 Å². The topological polar surface area (TPSA) is 106 Å². The van der Waals surface area contributed by atoms with Gasteiger partial charge in [-0.1, -0.05) is 11.2 Å². The van der Waals surface area contributed by atoms with Crippen LogP contribution in [0.4, 0.5) is 10.1 Å². The van der Waals surface area contributed by atoms with Gasteiger partial charge in [0.25, 0.3) is 0 Å². The average Bonchev–Trinajstić information content (AvgIpc) is 2.76. The van der Waals surface area contributed by atoms with Crippen LogP contribution in [-0.2, 0) is 4.79 Å². The summed E-state index contributed by atoms with van der Waals surface area (Å²) in [5.74, 6) is -2.81. The number of carbonyl (C=O) groups is 2. The summed E-state index contributed by atoms with van der Waals surface area (Å²) < 4.78 is 13.6. The molecule has 20 heavy (non-hydrogen) atoms. The molecule has 1 amide bonds. The number of hydrogen-bond donors (Lipinski definition) is 1. The van der Waals surface area contributed by atoms with Crippen molar-refractivity contribution in [3.63, 3.8) is 0 Å². The van der Waals surface area contributed by atoms with Crippen molar-refractivity contribution in [3.05, 3.63) is 40.0 Å². The van der Waals surface area contributed by atoms with Gasteiger partial charge in [0.1, 0.15) is 11.4 Å². The number of carbonyl (C=O) groups excluding carboxylic acids is 1. The molecule has 1 atom stereocenters. The van der Waals surface area contributed by atoms with Crippen LogP contribution in [0, 0.1) is 11.7 Å². The highest BCUT2D eigenvalue weighted by Gasteiger charge is 2.33. The van der Waals surface area contributed by atoms with Crippen LogP contribution in [0.25, 0.3) is 10.4 Å². The molecule has 1 unspecified atom stereocenters. The second-order valence-corrected chi connectivity index (χ2v) is 4.43. The molecular formula is C12H11FN4O3. The van der Waals surface area contributed by atoms with Crippen LogP contribution < -0.4 is 4.90 Å². The maximum absolute atomic E-state index is 13.6. The highest BCUT2D eigenvalue weighted by molar-refractivity contribution is 6.03. The number of halogens is 1. The molecule has 104 valence electrons. The molecular weight excluding hydrogens is 267 g/mol. The molecule has 1 aromatic carbocycles. The molecule has 0 aromatic heterocycles. The van der Waals surface area contributed by atoms with Crippen LogP contribution in [0.1, 0.15) is 16.8 Å². The van der Waals surface area contributed by atoms with Crippen LogP contribution in [0.3, 0.4) is 0 Å². The molecule has 1 aliphatic heterocycles. The van der Waals surface area contributed by atoms with Crippen molar-refractivity contribution in [2.24, 2.45) is 11.0 Å². The summed E-state index contributed by atoms with van der Waals surface area (Å²) in [6.07, 6.45) is 0.147. The number of amides is 1. The number of azide groups is 1. The summed E-state index contributed by atoms with van der Waals surface area (Å²) in [5.41, 5.74) is 7.77. The summed E-state index contributed by atoms with van der Waals surface area (Å²) in [6.45, 7) is 0.359. The third-order valence-corrected chi connectivity index (χ3v) is 3.10. The quantitative estimate of drug-likeness (QED) is 0.518. The second-order valence-electron chi connectivity index (χ2n) is 4.43. The highest BCUT2D eigenvalue weighted by Crippen LogP contribution is 2.29. The van der Waals surface area contributed by atoms with E-state index in [-0.39, 0.29) is 37.0 Å².